The van der Waals surface area contributed by atoms with Crippen LogP contribution in [0.15, 0.2) is 24.7 Å². The van der Waals surface area contributed by atoms with Gasteiger partial charge in [-0.25, -0.2) is 9.97 Å². The second-order valence-corrected chi connectivity index (χ2v) is 7.18. The molecule has 0 aromatic carbocycles. The summed E-state index contributed by atoms with van der Waals surface area (Å²) in [7, 11) is 4.08. The third kappa shape index (κ3) is 3.06. The zero-order valence-electron chi connectivity index (χ0n) is 14.6. The van der Waals surface area contributed by atoms with E-state index in [0.717, 1.165) is 24.6 Å². The van der Waals surface area contributed by atoms with Crippen LogP contribution in [0.25, 0.3) is 5.78 Å². The van der Waals surface area contributed by atoms with Crippen molar-refractivity contribution in [1.82, 2.24) is 24.2 Å². The number of imidazole rings is 1. The van der Waals surface area contributed by atoms with Crippen LogP contribution in [0.5, 0.6) is 0 Å². The number of ether oxygens (including phenoxy) is 1. The van der Waals surface area contributed by atoms with Gasteiger partial charge >= 0.3 is 0 Å². The van der Waals surface area contributed by atoms with Crippen molar-refractivity contribution in [2.75, 3.05) is 27.2 Å². The molecule has 1 aliphatic carbocycles. The van der Waals surface area contributed by atoms with Crippen LogP contribution in [0.2, 0.25) is 0 Å². The molecule has 1 unspecified atom stereocenters. The van der Waals surface area contributed by atoms with Gasteiger partial charge in [-0.3, -0.25) is 14.2 Å². The van der Waals surface area contributed by atoms with Crippen LogP contribution >= 0.6 is 0 Å². The second-order valence-electron chi connectivity index (χ2n) is 7.18. The van der Waals surface area contributed by atoms with Crippen LogP contribution in [-0.2, 0) is 11.3 Å². The molecule has 2 aromatic rings. The van der Waals surface area contributed by atoms with Crippen LogP contribution < -0.4 is 0 Å². The highest BCUT2D eigenvalue weighted by molar-refractivity contribution is 5.29. The molecule has 1 aliphatic heterocycles. The SMILES string of the molecule is COC1CCN([C@H]2CCC[C@H]2N(C)Cc2cn3cccnc3n2)C1. The summed E-state index contributed by atoms with van der Waals surface area (Å²) in [5.74, 6) is 0.784. The molecule has 0 radical (unpaired) electrons. The zero-order chi connectivity index (χ0) is 16.5. The summed E-state index contributed by atoms with van der Waals surface area (Å²) in [6.07, 6.45) is 11.4. The summed E-state index contributed by atoms with van der Waals surface area (Å²) >= 11 is 0. The maximum absolute atomic E-state index is 5.55. The molecule has 24 heavy (non-hydrogen) atoms. The minimum atomic E-state index is 0.418. The molecule has 130 valence electrons. The average Bonchev–Trinajstić information content (AvgIpc) is 3.31. The van der Waals surface area contributed by atoms with Gasteiger partial charge in [-0.05, 0) is 32.4 Å². The number of methoxy groups -OCH3 is 1. The molecule has 2 aromatic heterocycles. The lowest BCUT2D eigenvalue weighted by Crippen LogP contribution is -2.46. The number of aromatic nitrogens is 3. The van der Waals surface area contributed by atoms with Crippen molar-refractivity contribution in [2.45, 2.75) is 50.4 Å². The van der Waals surface area contributed by atoms with Crippen molar-refractivity contribution in [3.8, 4) is 0 Å². The van der Waals surface area contributed by atoms with E-state index in [9.17, 15) is 0 Å². The highest BCUT2D eigenvalue weighted by Gasteiger charge is 2.37. The van der Waals surface area contributed by atoms with E-state index in [1.54, 1.807) is 6.20 Å². The molecule has 1 saturated heterocycles. The molecule has 3 atom stereocenters. The Morgan fingerprint density at radius 1 is 1.33 bits per heavy atom. The Balaban J connectivity index is 1.44. The van der Waals surface area contributed by atoms with E-state index in [0.29, 0.717) is 18.2 Å². The fourth-order valence-corrected chi connectivity index (χ4v) is 4.44. The van der Waals surface area contributed by atoms with Gasteiger partial charge in [0.2, 0.25) is 5.78 Å². The molecule has 3 heterocycles. The average molecular weight is 329 g/mol. The summed E-state index contributed by atoms with van der Waals surface area (Å²) in [6, 6.07) is 3.21. The van der Waals surface area contributed by atoms with Gasteiger partial charge in [0.15, 0.2) is 0 Å². The third-order valence-electron chi connectivity index (χ3n) is 5.69. The molecule has 4 rings (SSSR count). The lowest BCUT2D eigenvalue weighted by Gasteiger charge is -2.34. The van der Waals surface area contributed by atoms with Gasteiger partial charge in [0.25, 0.3) is 0 Å². The van der Waals surface area contributed by atoms with Gasteiger partial charge in [-0.15, -0.1) is 0 Å². The summed E-state index contributed by atoms with van der Waals surface area (Å²) < 4.78 is 7.55. The van der Waals surface area contributed by atoms with Crippen molar-refractivity contribution in [2.24, 2.45) is 0 Å². The molecule has 2 fully saturated rings. The van der Waals surface area contributed by atoms with E-state index in [-0.39, 0.29) is 0 Å². The Morgan fingerprint density at radius 3 is 3.04 bits per heavy atom. The standard InChI is InChI=1S/C18H27N5O/c1-21(11-14-12-23-9-4-8-19-18(23)20-14)16-5-3-6-17(16)22-10-7-15(13-22)24-2/h4,8-9,12,15-17H,3,5-7,10-11,13H2,1-2H3/t15?,16-,17+/m1/s1. The predicted octanol–water partition coefficient (Wildman–Crippen LogP) is 1.80. The van der Waals surface area contributed by atoms with Crippen molar-refractivity contribution in [1.29, 1.82) is 0 Å². The largest absolute Gasteiger partial charge is 0.380 e. The monoisotopic (exact) mass is 329 g/mol. The Labute approximate surface area is 143 Å². The van der Waals surface area contributed by atoms with Crippen molar-refractivity contribution >= 4 is 5.78 Å². The number of likely N-dealkylation sites (N-methyl/N-ethyl adjacent to an activating group) is 1. The molecule has 1 saturated carbocycles. The number of fused-ring (bicyclic) bond motifs is 1. The number of hydrogen-bond donors (Lipinski definition) is 0. The fourth-order valence-electron chi connectivity index (χ4n) is 4.44. The van der Waals surface area contributed by atoms with E-state index < -0.39 is 0 Å². The second kappa shape index (κ2) is 6.78. The highest BCUT2D eigenvalue weighted by atomic mass is 16.5. The van der Waals surface area contributed by atoms with Crippen molar-refractivity contribution in [3.05, 3.63) is 30.4 Å². The normalized spacial score (nSPS) is 28.4. The molecular weight excluding hydrogens is 302 g/mol. The molecule has 6 nitrogen and oxygen atoms in total. The molecule has 6 heteroatoms. The van der Waals surface area contributed by atoms with Gasteiger partial charge in [-0.1, -0.05) is 6.42 Å². The maximum Gasteiger partial charge on any atom is 0.233 e. The van der Waals surface area contributed by atoms with E-state index in [2.05, 4.69) is 33.0 Å². The number of rotatable bonds is 5. The van der Waals surface area contributed by atoms with Crippen LogP contribution in [0.4, 0.5) is 0 Å². The molecular formula is C18H27N5O. The first-order valence-electron chi connectivity index (χ1n) is 9.00. The lowest BCUT2D eigenvalue weighted by atomic mass is 10.1. The molecule has 0 amide bonds. The summed E-state index contributed by atoms with van der Waals surface area (Å²) in [4.78, 5) is 14.1. The number of hydrogen-bond acceptors (Lipinski definition) is 5. The quantitative estimate of drug-likeness (QED) is 0.837. The first-order chi connectivity index (χ1) is 11.7. The van der Waals surface area contributed by atoms with Gasteiger partial charge < -0.3 is 4.74 Å². The summed E-state index contributed by atoms with van der Waals surface area (Å²) in [5, 5.41) is 0. The van der Waals surface area contributed by atoms with Crippen LogP contribution in [0.1, 0.15) is 31.4 Å². The van der Waals surface area contributed by atoms with E-state index >= 15 is 0 Å². The minimum Gasteiger partial charge on any atom is -0.380 e. The van der Waals surface area contributed by atoms with Gasteiger partial charge in [0, 0.05) is 57.4 Å². The lowest BCUT2D eigenvalue weighted by molar-refractivity contribution is 0.0839. The van der Waals surface area contributed by atoms with Crippen molar-refractivity contribution in [3.63, 3.8) is 0 Å². The highest BCUT2D eigenvalue weighted by Crippen LogP contribution is 2.31. The third-order valence-corrected chi connectivity index (χ3v) is 5.69. The molecule has 2 aliphatic rings. The van der Waals surface area contributed by atoms with E-state index in [1.807, 2.05) is 23.8 Å². The van der Waals surface area contributed by atoms with Crippen LogP contribution in [0.3, 0.4) is 0 Å². The maximum atomic E-state index is 5.55. The van der Waals surface area contributed by atoms with Gasteiger partial charge in [0.1, 0.15) is 0 Å². The van der Waals surface area contributed by atoms with E-state index in [4.69, 9.17) is 4.74 Å². The Morgan fingerprint density at radius 2 is 2.25 bits per heavy atom. The topological polar surface area (TPSA) is 45.9 Å². The molecule has 0 bridgehead atoms. The Hall–Kier alpha value is -1.50. The fraction of sp³-hybridized carbons (Fsp3) is 0.667. The van der Waals surface area contributed by atoms with Gasteiger partial charge in [0.05, 0.1) is 11.8 Å². The smallest absolute Gasteiger partial charge is 0.233 e. The predicted molar refractivity (Wildman–Crippen MR) is 92.9 cm³/mol. The first-order valence-corrected chi connectivity index (χ1v) is 9.00. The number of nitrogens with zero attached hydrogens (tertiary/aromatic N) is 5. The van der Waals surface area contributed by atoms with Gasteiger partial charge in [-0.2, -0.15) is 0 Å². The summed E-state index contributed by atoms with van der Waals surface area (Å²) in [5.41, 5.74) is 1.10. The van der Waals surface area contributed by atoms with Crippen LogP contribution in [-0.4, -0.2) is 69.6 Å². The molecule has 0 spiro atoms. The van der Waals surface area contributed by atoms with E-state index in [1.165, 1.54) is 32.2 Å². The molecule has 0 N–H and O–H groups in total. The minimum absolute atomic E-state index is 0.418. The summed E-state index contributed by atoms with van der Waals surface area (Å²) in [6.45, 7) is 3.14. The number of likely N-dealkylation sites (tertiary alicyclic amines) is 1. The first kappa shape index (κ1) is 16.0. The Bertz CT molecular complexity index is 654. The van der Waals surface area contributed by atoms with Crippen LogP contribution in [0, 0.1) is 0 Å². The van der Waals surface area contributed by atoms with Crippen molar-refractivity contribution < 1.29 is 4.74 Å². The zero-order valence-corrected chi connectivity index (χ0v) is 14.6. The Kier molecular flexibility index (Phi) is 4.52.